The van der Waals surface area contributed by atoms with E-state index in [-0.39, 0.29) is 6.04 Å². The maximum atomic E-state index is 4.31. The molecule has 2 rings (SSSR count). The molecular weight excluding hydrogens is 236 g/mol. The SMILES string of the molecule is CNC(Cc1ncnn1C(C)C)c1cnns1. The summed E-state index contributed by atoms with van der Waals surface area (Å²) in [6.45, 7) is 4.20. The number of nitrogens with one attached hydrogen (secondary N) is 1. The predicted molar refractivity (Wildman–Crippen MR) is 65.8 cm³/mol. The maximum Gasteiger partial charge on any atom is 0.138 e. The molecule has 0 saturated heterocycles. The minimum absolute atomic E-state index is 0.191. The molecule has 0 fully saturated rings. The predicted octanol–water partition coefficient (Wildman–Crippen LogP) is 1.21. The highest BCUT2D eigenvalue weighted by molar-refractivity contribution is 7.05. The first-order valence-corrected chi connectivity index (χ1v) is 6.32. The van der Waals surface area contributed by atoms with E-state index in [1.54, 1.807) is 12.5 Å². The molecule has 0 aliphatic rings. The largest absolute Gasteiger partial charge is 0.312 e. The van der Waals surface area contributed by atoms with E-state index in [0.29, 0.717) is 6.04 Å². The summed E-state index contributed by atoms with van der Waals surface area (Å²) in [6, 6.07) is 0.515. The molecule has 17 heavy (non-hydrogen) atoms. The van der Waals surface area contributed by atoms with Crippen molar-refractivity contribution >= 4 is 11.5 Å². The van der Waals surface area contributed by atoms with Gasteiger partial charge in [0.25, 0.3) is 0 Å². The van der Waals surface area contributed by atoms with Crippen LogP contribution in [0, 0.1) is 0 Å². The number of likely N-dealkylation sites (N-methyl/N-ethyl adjacent to an activating group) is 1. The van der Waals surface area contributed by atoms with Crippen LogP contribution >= 0.6 is 11.5 Å². The van der Waals surface area contributed by atoms with Crippen LogP contribution in [0.4, 0.5) is 0 Å². The Hall–Kier alpha value is -1.34. The van der Waals surface area contributed by atoms with Crippen molar-refractivity contribution < 1.29 is 0 Å². The van der Waals surface area contributed by atoms with Crippen LogP contribution in [0.5, 0.6) is 0 Å². The van der Waals surface area contributed by atoms with Crippen LogP contribution in [-0.2, 0) is 6.42 Å². The van der Waals surface area contributed by atoms with Gasteiger partial charge in [0.15, 0.2) is 0 Å². The number of hydrogen-bond acceptors (Lipinski definition) is 6. The Labute approximate surface area is 104 Å². The van der Waals surface area contributed by atoms with Crippen molar-refractivity contribution in [3.8, 4) is 0 Å². The fourth-order valence-corrected chi connectivity index (χ4v) is 2.32. The zero-order chi connectivity index (χ0) is 12.3. The first kappa shape index (κ1) is 12.1. The molecule has 1 atom stereocenters. The van der Waals surface area contributed by atoms with Gasteiger partial charge in [0, 0.05) is 12.5 Å². The average Bonchev–Trinajstić information content (AvgIpc) is 2.96. The third-order valence-corrected chi connectivity index (χ3v) is 3.37. The van der Waals surface area contributed by atoms with Gasteiger partial charge in [-0.25, -0.2) is 9.67 Å². The van der Waals surface area contributed by atoms with Gasteiger partial charge in [0.2, 0.25) is 0 Å². The standard InChI is InChI=1S/C10H16N6S/c1-7(2)16-10(12-6-14-16)4-8(11-3)9-5-13-15-17-9/h5-8,11H,4H2,1-3H3. The third-order valence-electron chi connectivity index (χ3n) is 2.59. The van der Waals surface area contributed by atoms with Gasteiger partial charge in [-0.15, -0.1) is 5.10 Å². The Morgan fingerprint density at radius 3 is 2.88 bits per heavy atom. The van der Waals surface area contributed by atoms with E-state index in [1.165, 1.54) is 11.5 Å². The maximum absolute atomic E-state index is 4.31. The molecule has 92 valence electrons. The lowest BCUT2D eigenvalue weighted by molar-refractivity contribution is 0.480. The minimum Gasteiger partial charge on any atom is -0.312 e. The van der Waals surface area contributed by atoms with Gasteiger partial charge in [-0.1, -0.05) is 4.49 Å². The van der Waals surface area contributed by atoms with Crippen molar-refractivity contribution in [2.75, 3.05) is 7.05 Å². The number of aromatic nitrogens is 5. The van der Waals surface area contributed by atoms with Crippen LogP contribution in [0.15, 0.2) is 12.5 Å². The summed E-state index contributed by atoms with van der Waals surface area (Å²) in [4.78, 5) is 5.43. The summed E-state index contributed by atoms with van der Waals surface area (Å²) < 4.78 is 5.83. The van der Waals surface area contributed by atoms with Crippen LogP contribution in [0.3, 0.4) is 0 Å². The lowest BCUT2D eigenvalue weighted by Crippen LogP contribution is -2.20. The summed E-state index contributed by atoms with van der Waals surface area (Å²) in [5, 5.41) is 11.4. The van der Waals surface area contributed by atoms with E-state index in [9.17, 15) is 0 Å². The van der Waals surface area contributed by atoms with Crippen LogP contribution in [0.2, 0.25) is 0 Å². The average molecular weight is 252 g/mol. The van der Waals surface area contributed by atoms with E-state index >= 15 is 0 Å². The molecule has 0 saturated carbocycles. The molecule has 1 unspecified atom stereocenters. The van der Waals surface area contributed by atoms with E-state index < -0.39 is 0 Å². The monoisotopic (exact) mass is 252 g/mol. The second kappa shape index (κ2) is 5.33. The first-order chi connectivity index (χ1) is 8.22. The van der Waals surface area contributed by atoms with Gasteiger partial charge in [0.05, 0.1) is 17.1 Å². The van der Waals surface area contributed by atoms with Gasteiger partial charge in [-0.05, 0) is 32.4 Å². The highest BCUT2D eigenvalue weighted by atomic mass is 32.1. The number of rotatable bonds is 5. The summed E-state index contributed by atoms with van der Waals surface area (Å²) in [6.07, 6.45) is 4.19. The van der Waals surface area contributed by atoms with E-state index in [0.717, 1.165) is 17.1 Å². The molecule has 1 N–H and O–H groups in total. The lowest BCUT2D eigenvalue weighted by atomic mass is 10.1. The van der Waals surface area contributed by atoms with Gasteiger partial charge in [-0.3, -0.25) is 0 Å². The Balaban J connectivity index is 2.16. The van der Waals surface area contributed by atoms with Crippen molar-refractivity contribution in [3.05, 3.63) is 23.2 Å². The fourth-order valence-electron chi connectivity index (χ4n) is 1.71. The fraction of sp³-hybridized carbons (Fsp3) is 0.600. The second-order valence-corrected chi connectivity index (χ2v) is 4.90. The summed E-state index contributed by atoms with van der Waals surface area (Å²) in [5.41, 5.74) is 0. The molecule has 2 aromatic heterocycles. The lowest BCUT2D eigenvalue weighted by Gasteiger charge is -2.15. The highest BCUT2D eigenvalue weighted by Gasteiger charge is 2.17. The Morgan fingerprint density at radius 2 is 2.29 bits per heavy atom. The molecule has 6 nitrogen and oxygen atoms in total. The molecule has 0 spiro atoms. The smallest absolute Gasteiger partial charge is 0.138 e. The summed E-state index contributed by atoms with van der Waals surface area (Å²) >= 11 is 1.41. The van der Waals surface area contributed by atoms with Crippen molar-refractivity contribution in [2.24, 2.45) is 0 Å². The molecule has 0 radical (unpaired) electrons. The molecular formula is C10H16N6S. The molecule has 0 aromatic carbocycles. The Kier molecular flexibility index (Phi) is 3.80. The summed E-state index contributed by atoms with van der Waals surface area (Å²) in [7, 11) is 1.93. The van der Waals surface area contributed by atoms with E-state index in [1.807, 2.05) is 11.7 Å². The molecule has 2 aromatic rings. The molecule has 0 aliphatic heterocycles. The van der Waals surface area contributed by atoms with E-state index in [4.69, 9.17) is 0 Å². The molecule has 7 heteroatoms. The molecule has 2 heterocycles. The van der Waals surface area contributed by atoms with Crippen LogP contribution in [0.25, 0.3) is 0 Å². The van der Waals surface area contributed by atoms with Gasteiger partial charge in [-0.2, -0.15) is 5.10 Å². The second-order valence-electron chi connectivity index (χ2n) is 4.08. The molecule has 0 bridgehead atoms. The van der Waals surface area contributed by atoms with Gasteiger partial charge in [0.1, 0.15) is 12.2 Å². The van der Waals surface area contributed by atoms with Gasteiger partial charge >= 0.3 is 0 Å². The Morgan fingerprint density at radius 1 is 1.47 bits per heavy atom. The van der Waals surface area contributed by atoms with Crippen molar-refractivity contribution in [1.29, 1.82) is 0 Å². The van der Waals surface area contributed by atoms with Crippen molar-refractivity contribution in [3.63, 3.8) is 0 Å². The quantitative estimate of drug-likeness (QED) is 0.866. The first-order valence-electron chi connectivity index (χ1n) is 5.55. The normalized spacial score (nSPS) is 13.2. The van der Waals surface area contributed by atoms with Crippen LogP contribution in [0.1, 0.15) is 36.6 Å². The summed E-state index contributed by atoms with van der Waals surface area (Å²) in [5.74, 6) is 0.979. The van der Waals surface area contributed by atoms with Crippen molar-refractivity contribution in [2.45, 2.75) is 32.4 Å². The third kappa shape index (κ3) is 2.67. The van der Waals surface area contributed by atoms with E-state index in [2.05, 4.69) is 38.8 Å². The van der Waals surface area contributed by atoms with Crippen LogP contribution < -0.4 is 5.32 Å². The highest BCUT2D eigenvalue weighted by Crippen LogP contribution is 2.19. The zero-order valence-corrected chi connectivity index (χ0v) is 11.0. The minimum atomic E-state index is 0.191. The van der Waals surface area contributed by atoms with Gasteiger partial charge < -0.3 is 5.32 Å². The van der Waals surface area contributed by atoms with Crippen molar-refractivity contribution in [1.82, 2.24) is 29.7 Å². The molecule has 0 amide bonds. The zero-order valence-electron chi connectivity index (χ0n) is 10.2. The molecule has 0 aliphatic carbocycles. The number of hydrogen-bond donors (Lipinski definition) is 1. The van der Waals surface area contributed by atoms with Crippen LogP contribution in [-0.4, -0.2) is 31.4 Å². The topological polar surface area (TPSA) is 68.5 Å². The number of nitrogens with zero attached hydrogens (tertiary/aromatic N) is 5. The Bertz CT molecular complexity index is 449.